The van der Waals surface area contributed by atoms with Crippen LogP contribution < -0.4 is 61.5 Å². The Hall–Kier alpha value is -8.24. The molecule has 4 aromatic carbocycles. The number of carbonyl (C=O) groups is 8. The number of nitrogens with one attached hydrogen (secondary N) is 8. The molecule has 8 N–H and O–H groups in total. The lowest BCUT2D eigenvalue weighted by molar-refractivity contribution is -0.0570. The summed E-state index contributed by atoms with van der Waals surface area (Å²) in [4.78, 5) is 118. The van der Waals surface area contributed by atoms with Gasteiger partial charge in [-0.2, -0.15) is 0 Å². The molecule has 0 aromatic heterocycles. The topological polar surface area (TPSA) is 288 Å². The molecule has 2 aliphatic heterocycles. The molecule has 97 heavy (non-hydrogen) atoms. The van der Waals surface area contributed by atoms with E-state index >= 15 is 9.59 Å². The van der Waals surface area contributed by atoms with Crippen molar-refractivity contribution in [2.45, 2.75) is 194 Å². The largest absolute Gasteiger partial charge is 0.495 e. The molecule has 14 bridgehead atoms. The summed E-state index contributed by atoms with van der Waals surface area (Å²) in [6, 6.07) is 16.0. The maximum atomic E-state index is 15.0. The van der Waals surface area contributed by atoms with Gasteiger partial charge >= 0.3 is 0 Å². The smallest absolute Gasteiger partial charge is 0.255 e. The van der Waals surface area contributed by atoms with Crippen LogP contribution in [0.15, 0.2) is 72.8 Å². The second kappa shape index (κ2) is 31.1. The molecule has 0 spiro atoms. The van der Waals surface area contributed by atoms with Crippen LogP contribution in [0.3, 0.4) is 0 Å². The van der Waals surface area contributed by atoms with Crippen molar-refractivity contribution in [2.24, 2.45) is 47.3 Å². The van der Waals surface area contributed by atoms with Crippen molar-refractivity contribution in [3.05, 3.63) is 117 Å². The van der Waals surface area contributed by atoms with Gasteiger partial charge < -0.3 is 71.0 Å². The number of fused-ring (bicyclic) bond motifs is 21. The summed E-state index contributed by atoms with van der Waals surface area (Å²) in [5.74, 6) is -3.78. The van der Waals surface area contributed by atoms with Gasteiger partial charge in [0.05, 0.1) is 84.1 Å². The van der Waals surface area contributed by atoms with Gasteiger partial charge in [0.15, 0.2) is 0 Å². The summed E-state index contributed by atoms with van der Waals surface area (Å²) in [7, 11) is 2.83. The van der Waals surface area contributed by atoms with E-state index in [0.717, 1.165) is 0 Å². The number of carbonyl (C=O) groups excluding carboxylic acids is 8. The second-order valence-electron chi connectivity index (χ2n) is 29.0. The average molecular weight is 1340 g/mol. The van der Waals surface area contributed by atoms with Crippen molar-refractivity contribution in [1.29, 1.82) is 0 Å². The van der Waals surface area contributed by atoms with Crippen molar-refractivity contribution < 1.29 is 66.8 Å². The zero-order valence-electron chi connectivity index (χ0n) is 58.4. The Labute approximate surface area is 570 Å². The Morgan fingerprint density at radius 3 is 0.763 bits per heavy atom. The molecule has 4 aromatic rings. The quantitative estimate of drug-likeness (QED) is 0.0871. The minimum absolute atomic E-state index is 0.0135. The van der Waals surface area contributed by atoms with Crippen molar-refractivity contribution in [1.82, 2.24) is 42.5 Å². The number of benzene rings is 4. The van der Waals surface area contributed by atoms with E-state index in [-0.39, 0.29) is 135 Å². The predicted octanol–water partition coefficient (Wildman–Crippen LogP) is 8.84. The van der Waals surface area contributed by atoms with Crippen LogP contribution in [0, 0.1) is 47.3 Å². The van der Waals surface area contributed by atoms with E-state index in [1.807, 2.05) is 13.8 Å². The van der Waals surface area contributed by atoms with Crippen molar-refractivity contribution in [2.75, 3.05) is 34.0 Å². The molecule has 4 aliphatic carbocycles. The molecule has 0 saturated heterocycles. The van der Waals surface area contributed by atoms with Gasteiger partial charge in [0, 0.05) is 48.3 Å². The summed E-state index contributed by atoms with van der Waals surface area (Å²) < 4.78 is 37.8. The van der Waals surface area contributed by atoms with E-state index in [4.69, 9.17) is 28.4 Å². The molecule has 2 heterocycles. The minimum Gasteiger partial charge on any atom is -0.495 e. The van der Waals surface area contributed by atoms with Crippen molar-refractivity contribution >= 4 is 47.3 Å². The van der Waals surface area contributed by atoms with Crippen LogP contribution in [-0.2, 0) is 9.47 Å². The van der Waals surface area contributed by atoms with E-state index < -0.39 is 114 Å². The molecular formula is C75H100N8O14. The molecule has 8 amide bonds. The average Bonchev–Trinajstić information content (AvgIpc) is 0.821. The number of amides is 8. The first-order valence-electron chi connectivity index (χ1n) is 34.9. The summed E-state index contributed by atoms with van der Waals surface area (Å²) in [5, 5.41) is 25.9. The lowest BCUT2D eigenvalue weighted by Gasteiger charge is -2.40. The highest BCUT2D eigenvalue weighted by molar-refractivity contribution is 6.07. The highest BCUT2D eigenvalue weighted by Gasteiger charge is 2.42. The summed E-state index contributed by atoms with van der Waals surface area (Å²) >= 11 is 0. The predicted molar refractivity (Wildman–Crippen MR) is 366 cm³/mol. The molecule has 0 radical (unpaired) electrons. The van der Waals surface area contributed by atoms with Crippen LogP contribution >= 0.6 is 0 Å². The highest BCUT2D eigenvalue weighted by Crippen LogP contribution is 2.38. The van der Waals surface area contributed by atoms with E-state index in [2.05, 4.69) is 97.9 Å². The summed E-state index contributed by atoms with van der Waals surface area (Å²) in [6.45, 7) is 21.9. The third-order valence-electron chi connectivity index (χ3n) is 21.5. The molecular weight excluding hydrogens is 1240 g/mol. The third-order valence-corrected chi connectivity index (χ3v) is 21.5. The Balaban J connectivity index is 1.05. The number of hydrogen-bond donors (Lipinski definition) is 8. The third kappa shape index (κ3) is 16.3. The Morgan fingerprint density at radius 1 is 0.289 bits per heavy atom. The number of ether oxygens (including phenoxy) is 6. The van der Waals surface area contributed by atoms with Gasteiger partial charge in [0.25, 0.3) is 47.3 Å². The number of hydrogen-bond acceptors (Lipinski definition) is 14. The van der Waals surface area contributed by atoms with E-state index in [0.29, 0.717) is 51.4 Å². The van der Waals surface area contributed by atoms with Crippen LogP contribution in [0.4, 0.5) is 0 Å². The lowest BCUT2D eigenvalue weighted by atomic mass is 9.76. The van der Waals surface area contributed by atoms with E-state index in [9.17, 15) is 28.8 Å². The number of para-hydroxylation sites is 4. The van der Waals surface area contributed by atoms with E-state index in [1.165, 1.54) is 14.2 Å². The number of methoxy groups -OCH3 is 2. The highest BCUT2D eigenvalue weighted by atomic mass is 16.6. The SMILES string of the molecule is COc1c2cccc1C(=O)NC1CC(NC(=O)c3cccc4c3OC(C)COC(C)COC(C)COc3c(cccc3C(=O)NC3CC(NC(=O)c5cccc(c5OC)C(=O)NC5CC(NC4=O)C(C)CC5C)C(C)CC3C)C(=O)NC3CC(NC2=O)C(C)CC3C)C(C)CC1C. The number of rotatable bonds is 2. The Kier molecular flexibility index (Phi) is 22.9. The maximum Gasteiger partial charge on any atom is 0.255 e. The fraction of sp³-hybridized carbons (Fsp3) is 0.573. The molecule has 4 fully saturated rings. The minimum atomic E-state index is -0.729. The first-order valence-corrected chi connectivity index (χ1v) is 34.9. The Morgan fingerprint density at radius 2 is 0.505 bits per heavy atom. The van der Waals surface area contributed by atoms with Crippen molar-refractivity contribution in [3.8, 4) is 23.0 Å². The van der Waals surface area contributed by atoms with Crippen LogP contribution in [-0.4, -0.2) is 148 Å². The van der Waals surface area contributed by atoms with Gasteiger partial charge in [-0.25, -0.2) is 0 Å². The molecule has 22 nitrogen and oxygen atoms in total. The summed E-state index contributed by atoms with van der Waals surface area (Å²) in [6.07, 6.45) is 2.16. The molecule has 19 unspecified atom stereocenters. The zero-order chi connectivity index (χ0) is 69.7. The monoisotopic (exact) mass is 1340 g/mol. The first-order chi connectivity index (χ1) is 46.3. The van der Waals surface area contributed by atoms with Crippen LogP contribution in [0.25, 0.3) is 0 Å². The molecule has 524 valence electrons. The maximum absolute atomic E-state index is 15.0. The van der Waals surface area contributed by atoms with Crippen molar-refractivity contribution in [3.63, 3.8) is 0 Å². The standard InChI is InChI=1S/C75H100N8O14/c1-37-26-41(5)60-30-56(37)76-68(84)48-18-14-20-50(64(48)92-12)70(86)78-58-32-62(43(7)28-39(58)3)82-74(90)54-24-17-25-55-67(54)97-47(11)36-95-45(9)34-94-46(10)35-96-66-52(72(88)80-60)22-16-23-53(66)73(89)81-61-31-57(38(2)27-42(61)6)77-69(85)49-19-15-21-51(65(49)93-13)71(87)79-59-33-63(83-75(55)91)44(8)29-40(59)4/h14-25,37-47,56-63H,26-36H2,1-13H3,(H,76,84)(H,77,85)(H,78,86)(H,79,87)(H,80,88)(H,81,89)(H,82,90)(H,83,91). The molecule has 22 heteroatoms. The van der Waals surface area contributed by atoms with Crippen LogP contribution in [0.2, 0.25) is 0 Å². The first kappa shape index (κ1) is 71.5. The van der Waals surface area contributed by atoms with Gasteiger partial charge in [0.2, 0.25) is 0 Å². The fourth-order valence-corrected chi connectivity index (χ4v) is 15.6. The van der Waals surface area contributed by atoms with Gasteiger partial charge in [-0.3, -0.25) is 38.4 Å². The molecule has 6 aliphatic rings. The lowest BCUT2D eigenvalue weighted by Crippen LogP contribution is -2.53. The fourth-order valence-electron chi connectivity index (χ4n) is 15.6. The normalized spacial score (nSPS) is 32.9. The second-order valence-corrected chi connectivity index (χ2v) is 29.0. The van der Waals surface area contributed by atoms with Gasteiger partial charge in [-0.1, -0.05) is 79.7 Å². The zero-order valence-corrected chi connectivity index (χ0v) is 58.4. The Bertz CT molecular complexity index is 3380. The molecule has 10 rings (SSSR count). The van der Waals surface area contributed by atoms with Gasteiger partial charge in [-0.15, -0.1) is 0 Å². The summed E-state index contributed by atoms with van der Waals surface area (Å²) in [5.41, 5.74) is 1.03. The molecule has 19 atom stereocenters. The van der Waals surface area contributed by atoms with Gasteiger partial charge in [0.1, 0.15) is 35.7 Å². The van der Waals surface area contributed by atoms with Crippen LogP contribution in [0.1, 0.15) is 210 Å². The van der Waals surface area contributed by atoms with E-state index in [1.54, 1.807) is 79.7 Å². The van der Waals surface area contributed by atoms with Gasteiger partial charge in [-0.05, 0) is 168 Å². The van der Waals surface area contributed by atoms with Crippen LogP contribution in [0.5, 0.6) is 23.0 Å². The molecule has 4 saturated carbocycles.